The van der Waals surface area contributed by atoms with Gasteiger partial charge in [-0.2, -0.15) is 5.10 Å². The number of hydrazone groups is 1. The smallest absolute Gasteiger partial charge is 0.243 e. The summed E-state index contributed by atoms with van der Waals surface area (Å²) < 4.78 is 5.24. The van der Waals surface area contributed by atoms with Crippen molar-refractivity contribution in [1.29, 1.82) is 0 Å². The van der Waals surface area contributed by atoms with Gasteiger partial charge in [-0.05, 0) is 36.1 Å². The molecule has 0 bridgehead atoms. The van der Waals surface area contributed by atoms with E-state index >= 15 is 0 Å². The van der Waals surface area contributed by atoms with E-state index in [1.54, 1.807) is 12.1 Å². The molecule has 4 rings (SSSR count). The molecule has 6 heteroatoms. The van der Waals surface area contributed by atoms with Crippen LogP contribution in [0.2, 0.25) is 0 Å². The highest BCUT2D eigenvalue weighted by Gasteiger charge is 2.33. The van der Waals surface area contributed by atoms with Gasteiger partial charge in [0.05, 0.1) is 18.9 Å². The fraction of sp³-hybridized carbons (Fsp3) is 0.348. The Labute approximate surface area is 170 Å². The molecule has 1 atom stereocenters. The predicted octanol–water partition coefficient (Wildman–Crippen LogP) is 3.43. The van der Waals surface area contributed by atoms with Gasteiger partial charge in [0, 0.05) is 25.3 Å². The maximum atomic E-state index is 12.9. The van der Waals surface area contributed by atoms with E-state index < -0.39 is 0 Å². The van der Waals surface area contributed by atoms with Crippen LogP contribution in [-0.4, -0.2) is 35.7 Å². The van der Waals surface area contributed by atoms with Crippen LogP contribution < -0.4 is 10.1 Å². The van der Waals surface area contributed by atoms with E-state index in [1.165, 1.54) is 0 Å². The summed E-state index contributed by atoms with van der Waals surface area (Å²) in [7, 11) is 1.63. The minimum atomic E-state index is -0.185. The van der Waals surface area contributed by atoms with Crippen molar-refractivity contribution in [1.82, 2.24) is 10.3 Å². The van der Waals surface area contributed by atoms with E-state index in [4.69, 9.17) is 4.74 Å². The zero-order valence-electron chi connectivity index (χ0n) is 16.5. The van der Waals surface area contributed by atoms with Crippen molar-refractivity contribution < 1.29 is 14.3 Å². The number of hydrogen-bond acceptors (Lipinski definition) is 4. The molecule has 6 nitrogen and oxygen atoms in total. The van der Waals surface area contributed by atoms with Crippen molar-refractivity contribution in [2.75, 3.05) is 7.11 Å². The summed E-state index contributed by atoms with van der Waals surface area (Å²) in [6.07, 6.45) is 3.05. The van der Waals surface area contributed by atoms with Crippen LogP contribution in [0.4, 0.5) is 0 Å². The lowest BCUT2D eigenvalue weighted by atomic mass is 9.98. The summed E-state index contributed by atoms with van der Waals surface area (Å²) in [6, 6.07) is 17.7. The standard InChI is InChI=1S/C23H25N3O3/c1-29-19-11-7-17(8-12-19)21-15-20(16-5-3-2-4-6-16)25-26(21)23(28)14-13-22(27)24-18-9-10-18/h2-8,11-12,18,21H,9-10,13-15H2,1H3,(H,24,27)/t21-/m0/s1. The molecular weight excluding hydrogens is 366 g/mol. The Morgan fingerprint density at radius 1 is 1.07 bits per heavy atom. The monoisotopic (exact) mass is 391 g/mol. The summed E-state index contributed by atoms with van der Waals surface area (Å²) in [5, 5.41) is 9.13. The first-order valence-corrected chi connectivity index (χ1v) is 10.0. The third-order valence-electron chi connectivity index (χ3n) is 5.28. The summed E-state index contributed by atoms with van der Waals surface area (Å²) in [4.78, 5) is 24.9. The predicted molar refractivity (Wildman–Crippen MR) is 111 cm³/mol. The first kappa shape index (κ1) is 19.2. The van der Waals surface area contributed by atoms with Crippen molar-refractivity contribution in [2.45, 2.75) is 44.2 Å². The lowest BCUT2D eigenvalue weighted by molar-refractivity contribution is -0.135. The van der Waals surface area contributed by atoms with Gasteiger partial charge >= 0.3 is 0 Å². The van der Waals surface area contributed by atoms with Crippen molar-refractivity contribution in [3.05, 3.63) is 65.7 Å². The van der Waals surface area contributed by atoms with Gasteiger partial charge in [-0.25, -0.2) is 5.01 Å². The van der Waals surface area contributed by atoms with Crippen LogP contribution >= 0.6 is 0 Å². The number of hydrogen-bond donors (Lipinski definition) is 1. The molecule has 29 heavy (non-hydrogen) atoms. The molecule has 2 amide bonds. The van der Waals surface area contributed by atoms with E-state index in [0.29, 0.717) is 12.5 Å². The molecule has 1 fully saturated rings. The Hall–Kier alpha value is -3.15. The fourth-order valence-corrected chi connectivity index (χ4v) is 3.49. The third kappa shape index (κ3) is 4.65. The van der Waals surface area contributed by atoms with E-state index in [1.807, 2.05) is 54.6 Å². The number of nitrogens with one attached hydrogen (secondary N) is 1. The van der Waals surface area contributed by atoms with Gasteiger partial charge < -0.3 is 10.1 Å². The molecule has 1 heterocycles. The molecule has 1 saturated carbocycles. The average molecular weight is 391 g/mol. The Balaban J connectivity index is 1.52. The third-order valence-corrected chi connectivity index (χ3v) is 5.28. The maximum absolute atomic E-state index is 12.9. The Bertz CT molecular complexity index is 905. The Morgan fingerprint density at radius 3 is 2.45 bits per heavy atom. The van der Waals surface area contributed by atoms with Crippen molar-refractivity contribution >= 4 is 17.5 Å². The van der Waals surface area contributed by atoms with Gasteiger partial charge in [-0.15, -0.1) is 0 Å². The molecular formula is C23H25N3O3. The number of methoxy groups -OCH3 is 1. The Kier molecular flexibility index (Phi) is 5.60. The molecule has 2 aromatic carbocycles. The largest absolute Gasteiger partial charge is 0.497 e. The molecule has 0 aromatic heterocycles. The van der Waals surface area contributed by atoms with Gasteiger partial charge in [-0.1, -0.05) is 42.5 Å². The molecule has 2 aromatic rings. The van der Waals surface area contributed by atoms with Crippen LogP contribution in [0.25, 0.3) is 0 Å². The number of carbonyl (C=O) groups excluding carboxylic acids is 2. The summed E-state index contributed by atoms with van der Waals surface area (Å²) in [5.74, 6) is 0.571. The second kappa shape index (κ2) is 8.47. The van der Waals surface area contributed by atoms with E-state index in [0.717, 1.165) is 35.4 Å². The molecule has 1 N–H and O–H groups in total. The van der Waals surface area contributed by atoms with Gasteiger partial charge in [0.1, 0.15) is 5.75 Å². The molecule has 0 unspecified atom stereocenters. The van der Waals surface area contributed by atoms with Crippen molar-refractivity contribution in [3.8, 4) is 5.75 Å². The normalized spacial score (nSPS) is 18.3. The fourth-order valence-electron chi connectivity index (χ4n) is 3.49. The first-order valence-electron chi connectivity index (χ1n) is 10.0. The molecule has 1 aliphatic heterocycles. The minimum Gasteiger partial charge on any atom is -0.497 e. The van der Waals surface area contributed by atoms with E-state index in [2.05, 4.69) is 10.4 Å². The molecule has 0 saturated heterocycles. The molecule has 150 valence electrons. The number of nitrogens with zero attached hydrogens (tertiary/aromatic N) is 2. The Morgan fingerprint density at radius 2 is 1.79 bits per heavy atom. The number of benzene rings is 2. The number of amides is 2. The SMILES string of the molecule is COc1ccc([C@@H]2CC(c3ccccc3)=NN2C(=O)CCC(=O)NC2CC2)cc1. The van der Waals surface area contributed by atoms with Crippen LogP contribution in [0.1, 0.15) is 49.3 Å². The average Bonchev–Trinajstić information content (AvgIpc) is 3.46. The van der Waals surface area contributed by atoms with Gasteiger partial charge in [0.15, 0.2) is 0 Å². The first-order chi connectivity index (χ1) is 14.1. The summed E-state index contributed by atoms with van der Waals surface area (Å²) in [6.45, 7) is 0. The molecule has 2 aliphatic rings. The topological polar surface area (TPSA) is 71.0 Å². The lowest BCUT2D eigenvalue weighted by Gasteiger charge is -2.22. The second-order valence-electron chi connectivity index (χ2n) is 7.49. The summed E-state index contributed by atoms with van der Waals surface area (Å²) in [5.41, 5.74) is 2.88. The van der Waals surface area contributed by atoms with Crippen LogP contribution in [0, 0.1) is 0 Å². The zero-order valence-corrected chi connectivity index (χ0v) is 16.5. The molecule has 0 spiro atoms. The summed E-state index contributed by atoms with van der Waals surface area (Å²) >= 11 is 0. The van der Waals surface area contributed by atoms with E-state index in [9.17, 15) is 9.59 Å². The highest BCUT2D eigenvalue weighted by atomic mass is 16.5. The van der Waals surface area contributed by atoms with Gasteiger partial charge in [0.25, 0.3) is 0 Å². The van der Waals surface area contributed by atoms with Crippen molar-refractivity contribution in [3.63, 3.8) is 0 Å². The quantitative estimate of drug-likeness (QED) is 0.786. The van der Waals surface area contributed by atoms with Crippen LogP contribution in [0.5, 0.6) is 5.75 Å². The van der Waals surface area contributed by atoms with Gasteiger partial charge in [0.2, 0.25) is 11.8 Å². The lowest BCUT2D eigenvalue weighted by Crippen LogP contribution is -2.30. The number of carbonyl (C=O) groups is 2. The van der Waals surface area contributed by atoms with Crippen LogP contribution in [0.15, 0.2) is 59.7 Å². The zero-order chi connectivity index (χ0) is 20.2. The van der Waals surface area contributed by atoms with Crippen LogP contribution in [0.3, 0.4) is 0 Å². The second-order valence-corrected chi connectivity index (χ2v) is 7.49. The minimum absolute atomic E-state index is 0.0618. The molecule has 0 radical (unpaired) electrons. The maximum Gasteiger partial charge on any atom is 0.243 e. The molecule has 1 aliphatic carbocycles. The van der Waals surface area contributed by atoms with E-state index in [-0.39, 0.29) is 30.7 Å². The van der Waals surface area contributed by atoms with Gasteiger partial charge in [-0.3, -0.25) is 9.59 Å². The van der Waals surface area contributed by atoms with Crippen LogP contribution in [-0.2, 0) is 9.59 Å². The van der Waals surface area contributed by atoms with Crippen molar-refractivity contribution in [2.24, 2.45) is 5.10 Å². The number of ether oxygens (including phenoxy) is 1. The number of rotatable bonds is 7. The highest BCUT2D eigenvalue weighted by Crippen LogP contribution is 2.34. The highest BCUT2D eigenvalue weighted by molar-refractivity contribution is 6.03.